The maximum absolute atomic E-state index is 12.3. The largest absolute Gasteiger partial charge is 0.507 e. The third-order valence-corrected chi connectivity index (χ3v) is 3.11. The van der Waals surface area contributed by atoms with Crippen molar-refractivity contribution >= 4 is 29.1 Å². The number of alkyl halides is 1. The molecule has 0 atom stereocenters. The van der Waals surface area contributed by atoms with E-state index in [0.717, 1.165) is 6.42 Å². The number of phenols is 1. The summed E-state index contributed by atoms with van der Waals surface area (Å²) in [5, 5.41) is 10.2. The number of halogens is 2. The van der Waals surface area contributed by atoms with E-state index < -0.39 is 0 Å². The van der Waals surface area contributed by atoms with E-state index in [1.54, 1.807) is 11.0 Å². The molecule has 1 aromatic carbocycles. The standard InChI is InChI=1S/C13H17Cl2NO2/c1-9(2)16(7-3-6-14)13(18)11-5-4-10(15)8-12(11)17/h4-5,8-9,17H,3,6-7H2,1-2H3. The van der Waals surface area contributed by atoms with Gasteiger partial charge in [-0.15, -0.1) is 11.6 Å². The minimum absolute atomic E-state index is 0.0517. The van der Waals surface area contributed by atoms with Crippen LogP contribution in [0.3, 0.4) is 0 Å². The Bertz CT molecular complexity index is 421. The monoisotopic (exact) mass is 289 g/mol. The zero-order valence-corrected chi connectivity index (χ0v) is 12.0. The Kier molecular flexibility index (Phi) is 5.76. The maximum Gasteiger partial charge on any atom is 0.257 e. The Morgan fingerprint density at radius 1 is 1.44 bits per heavy atom. The number of phenolic OH excluding ortho intramolecular Hbond substituents is 1. The van der Waals surface area contributed by atoms with Gasteiger partial charge < -0.3 is 10.0 Å². The van der Waals surface area contributed by atoms with Crippen molar-refractivity contribution in [1.29, 1.82) is 0 Å². The lowest BCUT2D eigenvalue weighted by molar-refractivity contribution is 0.0703. The summed E-state index contributed by atoms with van der Waals surface area (Å²) in [5.41, 5.74) is 0.266. The molecule has 1 rings (SSSR count). The van der Waals surface area contributed by atoms with Crippen LogP contribution in [-0.2, 0) is 0 Å². The van der Waals surface area contributed by atoms with E-state index in [-0.39, 0.29) is 23.3 Å². The molecule has 0 heterocycles. The lowest BCUT2D eigenvalue weighted by Gasteiger charge is -2.26. The Morgan fingerprint density at radius 3 is 2.61 bits per heavy atom. The van der Waals surface area contributed by atoms with E-state index in [9.17, 15) is 9.90 Å². The van der Waals surface area contributed by atoms with E-state index in [1.807, 2.05) is 13.8 Å². The number of hydrogen-bond acceptors (Lipinski definition) is 2. The summed E-state index contributed by atoms with van der Waals surface area (Å²) in [5.74, 6) is 0.205. The van der Waals surface area contributed by atoms with E-state index in [2.05, 4.69) is 0 Å². The predicted molar refractivity (Wildman–Crippen MR) is 74.6 cm³/mol. The molecular weight excluding hydrogens is 273 g/mol. The van der Waals surface area contributed by atoms with Crippen LogP contribution in [0.5, 0.6) is 5.75 Å². The highest BCUT2D eigenvalue weighted by molar-refractivity contribution is 6.30. The number of aromatic hydroxyl groups is 1. The molecule has 1 aromatic rings. The molecule has 0 aromatic heterocycles. The number of benzene rings is 1. The molecule has 0 aliphatic carbocycles. The summed E-state index contributed by atoms with van der Waals surface area (Å²) < 4.78 is 0. The minimum atomic E-state index is -0.204. The number of amides is 1. The van der Waals surface area contributed by atoms with Gasteiger partial charge in [0.05, 0.1) is 5.56 Å². The van der Waals surface area contributed by atoms with Crippen molar-refractivity contribution in [3.63, 3.8) is 0 Å². The van der Waals surface area contributed by atoms with Gasteiger partial charge in [-0.1, -0.05) is 11.6 Å². The van der Waals surface area contributed by atoms with Gasteiger partial charge in [-0.2, -0.15) is 0 Å². The van der Waals surface area contributed by atoms with Crippen molar-refractivity contribution in [2.24, 2.45) is 0 Å². The lowest BCUT2D eigenvalue weighted by Crippen LogP contribution is -2.37. The van der Waals surface area contributed by atoms with Gasteiger partial charge in [0.1, 0.15) is 5.75 Å². The summed E-state index contributed by atoms with van der Waals surface area (Å²) in [4.78, 5) is 14.0. The van der Waals surface area contributed by atoms with Crippen molar-refractivity contribution in [3.8, 4) is 5.75 Å². The molecule has 100 valence electrons. The fourth-order valence-electron chi connectivity index (χ4n) is 1.66. The van der Waals surface area contributed by atoms with Crippen molar-refractivity contribution in [2.75, 3.05) is 12.4 Å². The average Bonchev–Trinajstić information content (AvgIpc) is 2.28. The molecule has 1 N–H and O–H groups in total. The zero-order chi connectivity index (χ0) is 13.7. The lowest BCUT2D eigenvalue weighted by atomic mass is 10.1. The van der Waals surface area contributed by atoms with Crippen molar-refractivity contribution in [3.05, 3.63) is 28.8 Å². The third kappa shape index (κ3) is 3.79. The van der Waals surface area contributed by atoms with Crippen LogP contribution in [0, 0.1) is 0 Å². The first-order chi connectivity index (χ1) is 8.47. The number of hydrogen-bond donors (Lipinski definition) is 1. The summed E-state index contributed by atoms with van der Waals surface area (Å²) in [6.45, 7) is 4.43. The number of carbonyl (C=O) groups is 1. The SMILES string of the molecule is CC(C)N(CCCCl)C(=O)c1ccc(Cl)cc1O. The van der Waals surface area contributed by atoms with Crippen LogP contribution in [0.1, 0.15) is 30.6 Å². The molecule has 0 unspecified atom stereocenters. The first kappa shape index (κ1) is 15.1. The van der Waals surface area contributed by atoms with E-state index in [4.69, 9.17) is 23.2 Å². The van der Waals surface area contributed by atoms with Gasteiger partial charge in [-0.25, -0.2) is 0 Å². The predicted octanol–water partition coefficient (Wildman–Crippen LogP) is 3.53. The van der Waals surface area contributed by atoms with E-state index >= 15 is 0 Å². The molecule has 18 heavy (non-hydrogen) atoms. The first-order valence-electron chi connectivity index (χ1n) is 5.82. The number of nitrogens with zero attached hydrogens (tertiary/aromatic N) is 1. The quantitative estimate of drug-likeness (QED) is 0.843. The fraction of sp³-hybridized carbons (Fsp3) is 0.462. The molecule has 0 saturated carbocycles. The van der Waals surface area contributed by atoms with Gasteiger partial charge in [0.2, 0.25) is 0 Å². The van der Waals surface area contributed by atoms with Gasteiger partial charge in [-0.3, -0.25) is 4.79 Å². The summed E-state index contributed by atoms with van der Waals surface area (Å²) >= 11 is 11.4. The number of carbonyl (C=O) groups excluding carboxylic acids is 1. The van der Waals surface area contributed by atoms with Crippen LogP contribution >= 0.6 is 23.2 Å². The normalized spacial score (nSPS) is 10.7. The first-order valence-corrected chi connectivity index (χ1v) is 6.74. The second kappa shape index (κ2) is 6.86. The van der Waals surface area contributed by atoms with Gasteiger partial charge in [0.25, 0.3) is 5.91 Å². The molecule has 0 saturated heterocycles. The summed E-state index contributed by atoms with van der Waals surface area (Å²) in [6, 6.07) is 4.55. The Morgan fingerprint density at radius 2 is 2.11 bits per heavy atom. The van der Waals surface area contributed by atoms with Crippen LogP contribution in [-0.4, -0.2) is 34.4 Å². The van der Waals surface area contributed by atoms with Crippen LogP contribution in [0.4, 0.5) is 0 Å². The van der Waals surface area contributed by atoms with Gasteiger partial charge in [-0.05, 0) is 38.5 Å². The van der Waals surface area contributed by atoms with Gasteiger partial charge in [0, 0.05) is 23.5 Å². The highest BCUT2D eigenvalue weighted by atomic mass is 35.5. The van der Waals surface area contributed by atoms with Gasteiger partial charge >= 0.3 is 0 Å². The summed E-state index contributed by atoms with van der Waals surface area (Å²) in [7, 11) is 0. The molecule has 0 spiro atoms. The molecular formula is C13H17Cl2NO2. The third-order valence-electron chi connectivity index (χ3n) is 2.61. The van der Waals surface area contributed by atoms with E-state index in [0.29, 0.717) is 17.4 Å². The molecule has 0 bridgehead atoms. The molecule has 0 radical (unpaired) electrons. The minimum Gasteiger partial charge on any atom is -0.507 e. The molecule has 0 aliphatic heterocycles. The van der Waals surface area contributed by atoms with Crippen LogP contribution in [0.2, 0.25) is 5.02 Å². The fourth-order valence-corrected chi connectivity index (χ4v) is 1.95. The number of rotatable bonds is 5. The smallest absolute Gasteiger partial charge is 0.257 e. The van der Waals surface area contributed by atoms with Crippen LogP contribution in [0.25, 0.3) is 0 Å². The highest BCUT2D eigenvalue weighted by Gasteiger charge is 2.21. The molecule has 3 nitrogen and oxygen atoms in total. The molecule has 1 amide bonds. The van der Waals surface area contributed by atoms with Crippen LogP contribution < -0.4 is 0 Å². The Labute approximate surface area is 117 Å². The van der Waals surface area contributed by atoms with Crippen LogP contribution in [0.15, 0.2) is 18.2 Å². The second-order valence-corrected chi connectivity index (χ2v) is 5.11. The maximum atomic E-state index is 12.3. The Hall–Kier alpha value is -0.930. The molecule has 5 heteroatoms. The average molecular weight is 290 g/mol. The topological polar surface area (TPSA) is 40.5 Å². The Balaban J connectivity index is 2.94. The second-order valence-electron chi connectivity index (χ2n) is 4.30. The molecule has 0 fully saturated rings. The summed E-state index contributed by atoms with van der Waals surface area (Å²) in [6.07, 6.45) is 0.722. The zero-order valence-electron chi connectivity index (χ0n) is 10.5. The van der Waals surface area contributed by atoms with Crippen molar-refractivity contribution < 1.29 is 9.90 Å². The van der Waals surface area contributed by atoms with Gasteiger partial charge in [0.15, 0.2) is 0 Å². The van der Waals surface area contributed by atoms with E-state index in [1.165, 1.54) is 12.1 Å². The van der Waals surface area contributed by atoms with Crippen molar-refractivity contribution in [1.82, 2.24) is 4.90 Å². The molecule has 0 aliphatic rings. The highest BCUT2D eigenvalue weighted by Crippen LogP contribution is 2.24. The van der Waals surface area contributed by atoms with Crippen molar-refractivity contribution in [2.45, 2.75) is 26.3 Å².